The van der Waals surface area contributed by atoms with E-state index in [4.69, 9.17) is 14.6 Å². The van der Waals surface area contributed by atoms with Gasteiger partial charge >= 0.3 is 0 Å². The number of aliphatic hydroxyl groups is 3. The molecular weight excluding hydrogens is 183 g/mol. The Morgan fingerprint density at radius 1 is 1.54 bits per heavy atom. The summed E-state index contributed by atoms with van der Waals surface area (Å²) in [5.74, 6) is -1.70. The third-order valence-electron chi connectivity index (χ3n) is 2.22. The number of methoxy groups -OCH3 is 1. The molecule has 1 fully saturated rings. The van der Waals surface area contributed by atoms with E-state index in [1.165, 1.54) is 7.11 Å². The van der Waals surface area contributed by atoms with Gasteiger partial charge in [-0.2, -0.15) is 0 Å². The van der Waals surface area contributed by atoms with Crippen molar-refractivity contribution in [3.63, 3.8) is 0 Å². The molecule has 1 aliphatic heterocycles. The van der Waals surface area contributed by atoms with Crippen LogP contribution in [-0.4, -0.2) is 59.8 Å². The van der Waals surface area contributed by atoms with Crippen LogP contribution in [0, 0.1) is 0 Å². The number of aliphatic hydroxyl groups excluding tert-OH is 3. The van der Waals surface area contributed by atoms with Gasteiger partial charge in [0.2, 0.25) is 5.79 Å². The van der Waals surface area contributed by atoms with Gasteiger partial charge in [-0.25, -0.2) is 4.39 Å². The Balaban J connectivity index is 2.79. The molecule has 1 saturated heterocycles. The highest BCUT2D eigenvalue weighted by Gasteiger charge is 2.54. The molecule has 0 amide bonds. The van der Waals surface area contributed by atoms with Crippen LogP contribution in [0.5, 0.6) is 0 Å². The molecule has 1 heterocycles. The predicted octanol–water partition coefficient (Wildman–Crippen LogP) is -1.59. The van der Waals surface area contributed by atoms with Gasteiger partial charge in [0, 0.05) is 7.11 Å². The fourth-order valence-electron chi connectivity index (χ4n) is 1.35. The maximum atomic E-state index is 12.2. The highest BCUT2D eigenvalue weighted by molar-refractivity contribution is 4.96. The van der Waals surface area contributed by atoms with E-state index in [2.05, 4.69) is 0 Å². The Morgan fingerprint density at radius 2 is 2.15 bits per heavy atom. The third kappa shape index (κ3) is 1.55. The molecule has 0 aromatic rings. The number of hydrogen-bond acceptors (Lipinski definition) is 5. The molecule has 0 unspecified atom stereocenters. The molecule has 78 valence electrons. The first-order chi connectivity index (χ1) is 6.11. The Labute approximate surface area is 74.7 Å². The summed E-state index contributed by atoms with van der Waals surface area (Å²) < 4.78 is 21.8. The molecule has 6 heteroatoms. The summed E-state index contributed by atoms with van der Waals surface area (Å²) in [6.07, 6.45) is -3.97. The number of ether oxygens (including phenoxy) is 2. The van der Waals surface area contributed by atoms with Gasteiger partial charge in [-0.3, -0.25) is 0 Å². The van der Waals surface area contributed by atoms with Gasteiger partial charge in [0.1, 0.15) is 31.6 Å². The highest BCUT2D eigenvalue weighted by Crippen LogP contribution is 2.31. The van der Waals surface area contributed by atoms with Crippen LogP contribution in [0.4, 0.5) is 4.39 Å². The summed E-state index contributed by atoms with van der Waals surface area (Å²) in [5, 5.41) is 27.5. The van der Waals surface area contributed by atoms with E-state index < -0.39 is 37.4 Å². The van der Waals surface area contributed by atoms with Crippen molar-refractivity contribution >= 4 is 0 Å². The maximum absolute atomic E-state index is 12.2. The van der Waals surface area contributed by atoms with E-state index in [1.807, 2.05) is 0 Å². The lowest BCUT2D eigenvalue weighted by Crippen LogP contribution is -2.47. The average Bonchev–Trinajstić information content (AvgIpc) is 2.42. The standard InChI is InChI=1S/C7H13FO5/c1-12-7(3-9)6(11)5(10)4(2-8)13-7/h4-6,9-11H,2-3H2,1H3/t4-,5-,6+,7+/m1/s1. The second kappa shape index (κ2) is 3.85. The van der Waals surface area contributed by atoms with Crippen molar-refractivity contribution in [1.82, 2.24) is 0 Å². The second-order valence-corrected chi connectivity index (χ2v) is 2.92. The number of alkyl halides is 1. The highest BCUT2D eigenvalue weighted by atomic mass is 19.1. The maximum Gasteiger partial charge on any atom is 0.221 e. The van der Waals surface area contributed by atoms with Crippen LogP contribution in [0.25, 0.3) is 0 Å². The van der Waals surface area contributed by atoms with E-state index >= 15 is 0 Å². The summed E-state index contributed by atoms with van der Waals surface area (Å²) in [4.78, 5) is 0. The van der Waals surface area contributed by atoms with Crippen LogP contribution in [0.2, 0.25) is 0 Å². The molecule has 0 saturated carbocycles. The molecule has 0 spiro atoms. The number of rotatable bonds is 3. The molecular formula is C7H13FO5. The molecule has 0 aromatic heterocycles. The first-order valence-electron chi connectivity index (χ1n) is 3.87. The van der Waals surface area contributed by atoms with Crippen LogP contribution < -0.4 is 0 Å². The summed E-state index contributed by atoms with van der Waals surface area (Å²) in [6, 6.07) is 0. The first kappa shape index (κ1) is 10.8. The van der Waals surface area contributed by atoms with E-state index in [-0.39, 0.29) is 0 Å². The van der Waals surface area contributed by atoms with Crippen molar-refractivity contribution < 1.29 is 29.2 Å². The molecule has 3 N–H and O–H groups in total. The van der Waals surface area contributed by atoms with Crippen molar-refractivity contribution in [2.75, 3.05) is 20.4 Å². The normalized spacial score (nSPS) is 45.5. The topological polar surface area (TPSA) is 79.2 Å². The first-order valence-corrected chi connectivity index (χ1v) is 3.87. The quantitative estimate of drug-likeness (QED) is 0.507. The van der Waals surface area contributed by atoms with E-state index in [1.54, 1.807) is 0 Å². The second-order valence-electron chi connectivity index (χ2n) is 2.92. The number of halogens is 1. The van der Waals surface area contributed by atoms with Gasteiger partial charge in [-0.1, -0.05) is 0 Å². The largest absolute Gasteiger partial charge is 0.391 e. The van der Waals surface area contributed by atoms with Crippen LogP contribution in [-0.2, 0) is 9.47 Å². The smallest absolute Gasteiger partial charge is 0.221 e. The average molecular weight is 196 g/mol. The van der Waals surface area contributed by atoms with Crippen molar-refractivity contribution in [2.45, 2.75) is 24.1 Å². The Morgan fingerprint density at radius 3 is 2.38 bits per heavy atom. The van der Waals surface area contributed by atoms with Crippen molar-refractivity contribution in [3.8, 4) is 0 Å². The lowest BCUT2D eigenvalue weighted by Gasteiger charge is -2.27. The monoisotopic (exact) mass is 196 g/mol. The molecule has 1 rings (SSSR count). The Kier molecular flexibility index (Phi) is 3.20. The lowest BCUT2D eigenvalue weighted by molar-refractivity contribution is -0.262. The zero-order valence-corrected chi connectivity index (χ0v) is 7.18. The van der Waals surface area contributed by atoms with Crippen LogP contribution in [0.1, 0.15) is 0 Å². The Bertz CT molecular complexity index is 172. The molecule has 0 radical (unpaired) electrons. The Hall–Kier alpha value is -0.270. The van der Waals surface area contributed by atoms with Gasteiger partial charge in [0.25, 0.3) is 0 Å². The molecule has 5 nitrogen and oxygen atoms in total. The lowest BCUT2D eigenvalue weighted by atomic mass is 10.1. The van der Waals surface area contributed by atoms with E-state index in [0.717, 1.165) is 0 Å². The zero-order valence-electron chi connectivity index (χ0n) is 7.18. The van der Waals surface area contributed by atoms with Crippen LogP contribution in [0.3, 0.4) is 0 Å². The molecule has 1 aliphatic rings. The fraction of sp³-hybridized carbons (Fsp3) is 1.00. The minimum Gasteiger partial charge on any atom is -0.391 e. The van der Waals surface area contributed by atoms with Gasteiger partial charge < -0.3 is 24.8 Å². The fourth-order valence-corrected chi connectivity index (χ4v) is 1.35. The SMILES string of the molecule is CO[C@@]1(CO)O[C@H](CF)[C@@H](O)[C@@H]1O. The van der Waals surface area contributed by atoms with Gasteiger partial charge in [-0.15, -0.1) is 0 Å². The summed E-state index contributed by atoms with van der Waals surface area (Å²) in [5.41, 5.74) is 0. The number of hydrogen-bond donors (Lipinski definition) is 3. The molecule has 0 bridgehead atoms. The van der Waals surface area contributed by atoms with Gasteiger partial charge in [-0.05, 0) is 0 Å². The molecule has 0 aromatic carbocycles. The summed E-state index contributed by atoms with van der Waals surface area (Å²) in [7, 11) is 1.20. The third-order valence-corrected chi connectivity index (χ3v) is 2.22. The van der Waals surface area contributed by atoms with Crippen molar-refractivity contribution in [3.05, 3.63) is 0 Å². The van der Waals surface area contributed by atoms with Crippen LogP contribution in [0.15, 0.2) is 0 Å². The van der Waals surface area contributed by atoms with E-state index in [0.29, 0.717) is 0 Å². The summed E-state index contributed by atoms with van der Waals surface area (Å²) >= 11 is 0. The van der Waals surface area contributed by atoms with E-state index in [9.17, 15) is 14.6 Å². The predicted molar refractivity (Wildman–Crippen MR) is 39.7 cm³/mol. The molecule has 0 aliphatic carbocycles. The van der Waals surface area contributed by atoms with Gasteiger partial charge in [0.15, 0.2) is 0 Å². The van der Waals surface area contributed by atoms with Crippen molar-refractivity contribution in [1.29, 1.82) is 0 Å². The zero-order chi connectivity index (χ0) is 10.1. The van der Waals surface area contributed by atoms with Gasteiger partial charge in [0.05, 0.1) is 0 Å². The minimum atomic E-state index is -1.70. The molecule has 13 heavy (non-hydrogen) atoms. The van der Waals surface area contributed by atoms with Crippen molar-refractivity contribution in [2.24, 2.45) is 0 Å². The minimum absolute atomic E-state index is 0.641. The van der Waals surface area contributed by atoms with Crippen LogP contribution >= 0.6 is 0 Å². The summed E-state index contributed by atoms with van der Waals surface area (Å²) in [6.45, 7) is -1.58. The molecule has 4 atom stereocenters.